The van der Waals surface area contributed by atoms with Crippen molar-refractivity contribution >= 4 is 17.1 Å². The Labute approximate surface area is 132 Å². The lowest BCUT2D eigenvalue weighted by molar-refractivity contribution is 0.330. The minimum atomic E-state index is 0.0520. The van der Waals surface area contributed by atoms with Gasteiger partial charge < -0.3 is 20.3 Å². The predicted octanol–water partition coefficient (Wildman–Crippen LogP) is 1.78. The van der Waals surface area contributed by atoms with Crippen molar-refractivity contribution in [2.75, 3.05) is 19.5 Å². The molecular weight excluding hydrogens is 298 g/mol. The Bertz CT molecular complexity index is 869. The van der Waals surface area contributed by atoms with E-state index in [4.69, 9.17) is 15.2 Å². The number of rotatable bonds is 4. The van der Waals surface area contributed by atoms with Crippen LogP contribution < -0.4 is 15.2 Å². The Morgan fingerprint density at radius 3 is 2.78 bits per heavy atom. The zero-order valence-electron chi connectivity index (χ0n) is 12.6. The molecule has 0 saturated carbocycles. The minimum Gasteiger partial charge on any atom is -0.504 e. The van der Waals surface area contributed by atoms with Crippen LogP contribution in [0.2, 0.25) is 0 Å². The third-order valence-corrected chi connectivity index (χ3v) is 3.15. The zero-order valence-corrected chi connectivity index (χ0v) is 12.6. The fourth-order valence-electron chi connectivity index (χ4n) is 2.11. The van der Waals surface area contributed by atoms with E-state index in [0.29, 0.717) is 29.2 Å². The second kappa shape index (κ2) is 5.91. The first-order valence-corrected chi connectivity index (χ1v) is 6.92. The summed E-state index contributed by atoms with van der Waals surface area (Å²) in [6.07, 6.45) is 1.57. The molecule has 0 amide bonds. The van der Waals surface area contributed by atoms with Gasteiger partial charge in [0.05, 0.1) is 25.6 Å². The van der Waals surface area contributed by atoms with Crippen molar-refractivity contribution < 1.29 is 14.6 Å². The number of fused-ring (bicyclic) bond motifs is 1. The van der Waals surface area contributed by atoms with Gasteiger partial charge in [-0.15, -0.1) is 0 Å². The number of nitrogens with zero attached hydrogens (tertiary/aromatic N) is 4. The summed E-state index contributed by atoms with van der Waals surface area (Å²) in [5, 5.41) is 9.68. The molecule has 3 aromatic rings. The van der Waals surface area contributed by atoms with Crippen LogP contribution >= 0.6 is 0 Å². The van der Waals surface area contributed by atoms with Crippen LogP contribution in [0, 0.1) is 0 Å². The Kier molecular flexibility index (Phi) is 3.80. The predicted molar refractivity (Wildman–Crippen MR) is 84.4 cm³/mol. The number of methoxy groups -OCH3 is 1. The fraction of sp³-hybridized carbons (Fsp3) is 0.200. The molecule has 23 heavy (non-hydrogen) atoms. The number of benzene rings is 1. The van der Waals surface area contributed by atoms with Gasteiger partial charge in [0.1, 0.15) is 0 Å². The smallest absolute Gasteiger partial charge is 0.247 e. The molecule has 0 spiro atoms. The maximum Gasteiger partial charge on any atom is 0.247 e. The highest BCUT2D eigenvalue weighted by atomic mass is 16.5. The zero-order chi connectivity index (χ0) is 16.4. The van der Waals surface area contributed by atoms with E-state index in [1.54, 1.807) is 18.3 Å². The number of nitrogen functional groups attached to an aromatic ring is 1. The van der Waals surface area contributed by atoms with Gasteiger partial charge in [-0.1, -0.05) is 0 Å². The molecule has 0 saturated heterocycles. The van der Waals surface area contributed by atoms with E-state index in [1.165, 1.54) is 13.2 Å². The van der Waals surface area contributed by atoms with Gasteiger partial charge >= 0.3 is 0 Å². The molecule has 2 aromatic heterocycles. The van der Waals surface area contributed by atoms with Crippen LogP contribution in [-0.2, 0) is 0 Å². The summed E-state index contributed by atoms with van der Waals surface area (Å²) in [5.74, 6) is 0.767. The molecular formula is C15H15N5O3. The van der Waals surface area contributed by atoms with E-state index < -0.39 is 0 Å². The molecule has 3 N–H and O–H groups in total. The molecule has 0 atom stereocenters. The highest BCUT2D eigenvalue weighted by Gasteiger charge is 2.13. The van der Waals surface area contributed by atoms with Crippen LogP contribution in [0.3, 0.4) is 0 Å². The van der Waals surface area contributed by atoms with Crippen LogP contribution in [-0.4, -0.2) is 38.8 Å². The Morgan fingerprint density at radius 2 is 2.04 bits per heavy atom. The van der Waals surface area contributed by atoms with Crippen molar-refractivity contribution in [1.82, 2.24) is 19.9 Å². The molecule has 0 aliphatic carbocycles. The molecule has 3 rings (SSSR count). The molecule has 0 aliphatic heterocycles. The van der Waals surface area contributed by atoms with E-state index in [-0.39, 0.29) is 17.6 Å². The Balaban J connectivity index is 2.16. The standard InChI is InChI=1S/C15H15N5O3/c1-3-23-14-12-13(19-15(16)20-14)17-7-9(18-12)8-4-5-10(21)11(6-8)22-2/h4-7,21H,3H2,1-2H3,(H2,16,17,19,20). The molecule has 0 radical (unpaired) electrons. The van der Waals surface area contributed by atoms with Crippen LogP contribution in [0.1, 0.15) is 6.92 Å². The van der Waals surface area contributed by atoms with Crippen molar-refractivity contribution in [3.05, 3.63) is 24.4 Å². The molecule has 8 nitrogen and oxygen atoms in total. The van der Waals surface area contributed by atoms with Gasteiger partial charge in [0.25, 0.3) is 0 Å². The van der Waals surface area contributed by atoms with Gasteiger partial charge in [-0.2, -0.15) is 9.97 Å². The number of phenolic OH excluding ortho intramolecular Hbond substituents is 1. The quantitative estimate of drug-likeness (QED) is 0.748. The first kappa shape index (κ1) is 14.8. The number of aromatic hydroxyl groups is 1. The molecule has 2 heterocycles. The van der Waals surface area contributed by atoms with Crippen molar-refractivity contribution in [2.24, 2.45) is 0 Å². The first-order valence-electron chi connectivity index (χ1n) is 6.92. The number of ether oxygens (including phenoxy) is 2. The normalized spacial score (nSPS) is 10.7. The largest absolute Gasteiger partial charge is 0.504 e. The SMILES string of the molecule is CCOc1nc(N)nc2ncc(-c3ccc(O)c(OC)c3)nc12. The summed E-state index contributed by atoms with van der Waals surface area (Å²) in [6.45, 7) is 2.26. The van der Waals surface area contributed by atoms with E-state index in [9.17, 15) is 5.11 Å². The molecule has 0 bridgehead atoms. The van der Waals surface area contributed by atoms with Gasteiger partial charge in [0.2, 0.25) is 11.8 Å². The number of nitrogens with two attached hydrogens (primary N) is 1. The van der Waals surface area contributed by atoms with E-state index in [0.717, 1.165) is 5.56 Å². The van der Waals surface area contributed by atoms with Gasteiger partial charge in [-0.3, -0.25) is 0 Å². The summed E-state index contributed by atoms with van der Waals surface area (Å²) in [6, 6.07) is 4.92. The summed E-state index contributed by atoms with van der Waals surface area (Å²) in [7, 11) is 1.48. The van der Waals surface area contributed by atoms with E-state index in [2.05, 4.69) is 19.9 Å². The highest BCUT2D eigenvalue weighted by Crippen LogP contribution is 2.31. The highest BCUT2D eigenvalue weighted by molar-refractivity contribution is 5.79. The van der Waals surface area contributed by atoms with Gasteiger partial charge in [-0.05, 0) is 25.1 Å². The Hall–Kier alpha value is -3.16. The third-order valence-electron chi connectivity index (χ3n) is 3.15. The van der Waals surface area contributed by atoms with Crippen molar-refractivity contribution in [1.29, 1.82) is 0 Å². The second-order valence-corrected chi connectivity index (χ2v) is 4.63. The average molecular weight is 313 g/mol. The molecule has 0 aliphatic rings. The minimum absolute atomic E-state index is 0.0520. The van der Waals surface area contributed by atoms with Gasteiger partial charge in [-0.25, -0.2) is 9.97 Å². The number of hydrogen-bond acceptors (Lipinski definition) is 8. The van der Waals surface area contributed by atoms with E-state index >= 15 is 0 Å². The maximum atomic E-state index is 9.68. The lowest BCUT2D eigenvalue weighted by atomic mass is 10.1. The number of anilines is 1. The maximum absolute atomic E-state index is 9.68. The van der Waals surface area contributed by atoms with Crippen molar-refractivity contribution in [3.8, 4) is 28.6 Å². The van der Waals surface area contributed by atoms with Gasteiger partial charge in [0, 0.05) is 5.56 Å². The Morgan fingerprint density at radius 1 is 1.22 bits per heavy atom. The summed E-state index contributed by atoms with van der Waals surface area (Å²) >= 11 is 0. The topological polar surface area (TPSA) is 116 Å². The van der Waals surface area contributed by atoms with Crippen LogP contribution in [0.15, 0.2) is 24.4 Å². The van der Waals surface area contributed by atoms with Crippen LogP contribution in [0.5, 0.6) is 17.4 Å². The summed E-state index contributed by atoms with van der Waals surface area (Å²) < 4.78 is 10.6. The van der Waals surface area contributed by atoms with Gasteiger partial charge in [0.15, 0.2) is 22.7 Å². The monoisotopic (exact) mass is 313 g/mol. The molecule has 118 valence electrons. The third kappa shape index (κ3) is 2.78. The van der Waals surface area contributed by atoms with E-state index in [1.807, 2.05) is 6.92 Å². The van der Waals surface area contributed by atoms with Crippen LogP contribution in [0.4, 0.5) is 5.95 Å². The second-order valence-electron chi connectivity index (χ2n) is 4.63. The van der Waals surface area contributed by atoms with Crippen molar-refractivity contribution in [3.63, 3.8) is 0 Å². The lowest BCUT2D eigenvalue weighted by Gasteiger charge is -2.09. The number of phenols is 1. The van der Waals surface area contributed by atoms with Crippen LogP contribution in [0.25, 0.3) is 22.4 Å². The molecule has 8 heteroatoms. The molecule has 0 unspecified atom stereocenters. The molecule has 0 fully saturated rings. The molecule has 1 aromatic carbocycles. The van der Waals surface area contributed by atoms with Crippen molar-refractivity contribution in [2.45, 2.75) is 6.92 Å². The first-order chi connectivity index (χ1) is 11.1. The summed E-state index contributed by atoms with van der Waals surface area (Å²) in [4.78, 5) is 16.9. The lowest BCUT2D eigenvalue weighted by Crippen LogP contribution is -2.04. The number of aromatic nitrogens is 4. The average Bonchev–Trinajstić information content (AvgIpc) is 2.55. The fourth-order valence-corrected chi connectivity index (χ4v) is 2.11. The number of hydrogen-bond donors (Lipinski definition) is 2. The summed E-state index contributed by atoms with van der Waals surface area (Å²) in [5.41, 5.74) is 7.73.